The number of aliphatic hydroxyl groups excluding tert-OH is 3. The first kappa shape index (κ1) is 9.40. The van der Waals surface area contributed by atoms with E-state index in [1.54, 1.807) is 0 Å². The maximum atomic E-state index is 10.6. The fraction of sp³-hybridized carbons (Fsp3) is 0.833. The molecule has 5 N–H and O–H groups in total. The van der Waals surface area contributed by atoms with Crippen LogP contribution in [-0.4, -0.2) is 57.3 Å². The highest BCUT2D eigenvalue weighted by Crippen LogP contribution is 2.20. The molecule has 1 aliphatic heterocycles. The van der Waals surface area contributed by atoms with Crippen LogP contribution in [0.15, 0.2) is 0 Å². The maximum Gasteiger partial charge on any atom is 0.329 e. The van der Waals surface area contributed by atoms with Crippen molar-refractivity contribution in [2.75, 3.05) is 13.2 Å². The third kappa shape index (κ3) is 1.09. The van der Waals surface area contributed by atoms with Crippen LogP contribution in [0, 0.1) is 0 Å². The van der Waals surface area contributed by atoms with Crippen LogP contribution in [0.25, 0.3) is 0 Å². The van der Waals surface area contributed by atoms with Crippen molar-refractivity contribution in [2.45, 2.75) is 17.7 Å². The van der Waals surface area contributed by atoms with E-state index in [4.69, 9.17) is 15.3 Å². The smallest absolute Gasteiger partial charge is 0.329 e. The van der Waals surface area contributed by atoms with E-state index in [1.807, 2.05) is 0 Å². The summed E-state index contributed by atoms with van der Waals surface area (Å²) >= 11 is 0. The molecule has 0 aromatic rings. The average Bonchev–Trinajstić information content (AvgIpc) is 2.31. The Morgan fingerprint density at radius 1 is 1.58 bits per heavy atom. The highest BCUT2D eigenvalue weighted by Gasteiger charge is 2.52. The van der Waals surface area contributed by atoms with Gasteiger partial charge in [0.2, 0.25) is 0 Å². The molecule has 0 amide bonds. The zero-order valence-electron chi connectivity index (χ0n) is 6.27. The maximum absolute atomic E-state index is 10.6. The van der Waals surface area contributed by atoms with Crippen molar-refractivity contribution in [3.8, 4) is 0 Å². The second-order valence-electron chi connectivity index (χ2n) is 2.83. The van der Waals surface area contributed by atoms with Crippen LogP contribution in [0.2, 0.25) is 0 Å². The fourth-order valence-electron chi connectivity index (χ4n) is 1.25. The van der Waals surface area contributed by atoms with Crippen LogP contribution in [0.4, 0.5) is 0 Å². The molecule has 12 heavy (non-hydrogen) atoms. The number of carboxylic acid groups (broad SMARTS) is 1. The molecule has 0 saturated carbocycles. The number of aliphatic carboxylic acids is 1. The molecule has 6 nitrogen and oxygen atoms in total. The van der Waals surface area contributed by atoms with Crippen molar-refractivity contribution >= 4 is 5.97 Å². The summed E-state index contributed by atoms with van der Waals surface area (Å²) in [5.74, 6) is -1.37. The van der Waals surface area contributed by atoms with Crippen molar-refractivity contribution in [3.63, 3.8) is 0 Å². The first-order valence-electron chi connectivity index (χ1n) is 3.50. The zero-order valence-corrected chi connectivity index (χ0v) is 6.27. The first-order chi connectivity index (χ1) is 5.54. The van der Waals surface area contributed by atoms with E-state index >= 15 is 0 Å². The first-order valence-corrected chi connectivity index (χ1v) is 3.50. The number of aliphatic hydroxyl groups is 3. The van der Waals surface area contributed by atoms with Gasteiger partial charge in [0, 0.05) is 6.54 Å². The van der Waals surface area contributed by atoms with Gasteiger partial charge in [0.15, 0.2) is 5.54 Å². The van der Waals surface area contributed by atoms with Crippen LogP contribution in [0.3, 0.4) is 0 Å². The SMILES string of the molecule is O=C(O)[C@]1(CO)NC[C@@H](O)[C@H]1O. The summed E-state index contributed by atoms with van der Waals surface area (Å²) in [7, 11) is 0. The molecule has 6 heteroatoms. The Balaban J connectivity index is 2.88. The van der Waals surface area contributed by atoms with Crippen molar-refractivity contribution < 1.29 is 25.2 Å². The van der Waals surface area contributed by atoms with Gasteiger partial charge in [-0.2, -0.15) is 0 Å². The number of carbonyl (C=O) groups is 1. The summed E-state index contributed by atoms with van der Waals surface area (Å²) in [5.41, 5.74) is -1.81. The van der Waals surface area contributed by atoms with E-state index in [0.717, 1.165) is 0 Å². The van der Waals surface area contributed by atoms with E-state index in [0.29, 0.717) is 0 Å². The Morgan fingerprint density at radius 2 is 2.17 bits per heavy atom. The Bertz CT molecular complexity index is 196. The summed E-state index contributed by atoms with van der Waals surface area (Å²) < 4.78 is 0. The van der Waals surface area contributed by atoms with Gasteiger partial charge < -0.3 is 20.4 Å². The summed E-state index contributed by atoms with van der Waals surface area (Å²) in [6.07, 6.45) is -2.62. The van der Waals surface area contributed by atoms with E-state index in [-0.39, 0.29) is 6.54 Å². The molecular formula is C6H11NO5. The molecule has 0 aliphatic carbocycles. The summed E-state index contributed by atoms with van der Waals surface area (Å²) in [5, 5.41) is 38.0. The van der Waals surface area contributed by atoms with Crippen LogP contribution in [-0.2, 0) is 4.79 Å². The van der Waals surface area contributed by atoms with Crippen LogP contribution in [0.1, 0.15) is 0 Å². The molecular weight excluding hydrogens is 166 g/mol. The van der Waals surface area contributed by atoms with Crippen molar-refractivity contribution in [2.24, 2.45) is 0 Å². The van der Waals surface area contributed by atoms with Gasteiger partial charge in [-0.25, -0.2) is 0 Å². The van der Waals surface area contributed by atoms with E-state index < -0.39 is 30.3 Å². The zero-order chi connectivity index (χ0) is 9.35. The third-order valence-corrected chi connectivity index (χ3v) is 2.13. The van der Waals surface area contributed by atoms with Gasteiger partial charge in [-0.1, -0.05) is 0 Å². The number of hydrogen-bond acceptors (Lipinski definition) is 5. The standard InChI is InChI=1S/C6H11NO5/c8-2-6(5(11)12)4(10)3(9)1-7-6/h3-4,7-10H,1-2H2,(H,11,12)/t3-,4-,6-/m1/s1. The lowest BCUT2D eigenvalue weighted by Gasteiger charge is -2.25. The molecule has 0 spiro atoms. The Kier molecular flexibility index (Phi) is 2.34. The van der Waals surface area contributed by atoms with Crippen molar-refractivity contribution in [3.05, 3.63) is 0 Å². The predicted molar refractivity (Wildman–Crippen MR) is 37.5 cm³/mol. The molecule has 1 heterocycles. The van der Waals surface area contributed by atoms with Crippen LogP contribution < -0.4 is 5.32 Å². The van der Waals surface area contributed by atoms with Gasteiger partial charge >= 0.3 is 5.97 Å². The molecule has 0 bridgehead atoms. The van der Waals surface area contributed by atoms with E-state index in [2.05, 4.69) is 5.32 Å². The van der Waals surface area contributed by atoms with E-state index in [9.17, 15) is 9.90 Å². The van der Waals surface area contributed by atoms with Crippen LogP contribution >= 0.6 is 0 Å². The molecule has 70 valence electrons. The fourth-order valence-corrected chi connectivity index (χ4v) is 1.25. The lowest BCUT2D eigenvalue weighted by Crippen LogP contribution is -2.58. The number of nitrogens with one attached hydrogen (secondary N) is 1. The average molecular weight is 177 g/mol. The molecule has 1 fully saturated rings. The van der Waals surface area contributed by atoms with Crippen molar-refractivity contribution in [1.29, 1.82) is 0 Å². The Hall–Kier alpha value is -0.690. The summed E-state index contributed by atoms with van der Waals surface area (Å²) in [6, 6.07) is 0. The van der Waals surface area contributed by atoms with E-state index in [1.165, 1.54) is 0 Å². The molecule has 1 aliphatic rings. The van der Waals surface area contributed by atoms with Gasteiger partial charge in [-0.05, 0) is 0 Å². The molecule has 0 unspecified atom stereocenters. The minimum Gasteiger partial charge on any atom is -0.480 e. The second-order valence-corrected chi connectivity index (χ2v) is 2.83. The largest absolute Gasteiger partial charge is 0.480 e. The normalized spacial score (nSPS) is 41.6. The number of β-amino-alcohol motifs (C(OH)–C–C–N with tert-alkyl or cyclic N) is 1. The molecule has 3 atom stereocenters. The molecule has 0 aromatic heterocycles. The molecule has 0 radical (unpaired) electrons. The van der Waals surface area contributed by atoms with Crippen LogP contribution in [0.5, 0.6) is 0 Å². The minimum absolute atomic E-state index is 0.0337. The lowest BCUT2D eigenvalue weighted by molar-refractivity contribution is -0.152. The monoisotopic (exact) mass is 177 g/mol. The topological polar surface area (TPSA) is 110 Å². The highest BCUT2D eigenvalue weighted by atomic mass is 16.4. The predicted octanol–water partition coefficient (Wildman–Crippen LogP) is -2.87. The number of carboxylic acids is 1. The Morgan fingerprint density at radius 3 is 2.33 bits per heavy atom. The lowest BCUT2D eigenvalue weighted by atomic mass is 9.95. The van der Waals surface area contributed by atoms with Gasteiger partial charge in [0.1, 0.15) is 6.10 Å². The van der Waals surface area contributed by atoms with Gasteiger partial charge in [0.25, 0.3) is 0 Å². The van der Waals surface area contributed by atoms with Gasteiger partial charge in [0.05, 0.1) is 12.7 Å². The quantitative estimate of drug-likeness (QED) is 0.310. The molecule has 0 aromatic carbocycles. The third-order valence-electron chi connectivity index (χ3n) is 2.13. The summed E-state index contributed by atoms with van der Waals surface area (Å²) in [6.45, 7) is -0.783. The number of rotatable bonds is 2. The second kappa shape index (κ2) is 2.98. The van der Waals surface area contributed by atoms with Gasteiger partial charge in [-0.15, -0.1) is 0 Å². The minimum atomic E-state index is -1.81. The number of hydrogen-bond donors (Lipinski definition) is 5. The van der Waals surface area contributed by atoms with Crippen molar-refractivity contribution in [1.82, 2.24) is 5.32 Å². The highest BCUT2D eigenvalue weighted by molar-refractivity contribution is 5.80. The van der Waals surface area contributed by atoms with Gasteiger partial charge in [-0.3, -0.25) is 10.1 Å². The molecule has 1 saturated heterocycles. The Labute approximate surface area is 68.4 Å². The molecule has 1 rings (SSSR count). The summed E-state index contributed by atoms with van der Waals surface area (Å²) in [4.78, 5) is 10.6.